The Kier molecular flexibility index (Phi) is 4.31. The van der Waals surface area contributed by atoms with Gasteiger partial charge in [0, 0.05) is 19.7 Å². The molecule has 0 saturated heterocycles. The number of hydrogen-bond acceptors (Lipinski definition) is 3. The van der Waals surface area contributed by atoms with Gasteiger partial charge in [0.05, 0.1) is 0 Å². The van der Waals surface area contributed by atoms with E-state index in [1.807, 2.05) is 0 Å². The number of amides is 2. The van der Waals surface area contributed by atoms with Gasteiger partial charge < -0.3 is 15.3 Å². The minimum atomic E-state index is -0.583. The van der Waals surface area contributed by atoms with Crippen LogP contribution in [0.15, 0.2) is 18.2 Å². The molecule has 1 aromatic carbocycles. The summed E-state index contributed by atoms with van der Waals surface area (Å²) in [6, 6.07) is 3.90. The first-order valence-electron chi connectivity index (χ1n) is 5.64. The fourth-order valence-corrected chi connectivity index (χ4v) is 1.63. The zero-order valence-corrected chi connectivity index (χ0v) is 11.0. The van der Waals surface area contributed by atoms with Crippen LogP contribution in [0.4, 0.5) is 0 Å². The lowest BCUT2D eigenvalue weighted by Crippen LogP contribution is -2.44. The third kappa shape index (κ3) is 3.23. The number of phenolic OH excluding ortho intramolecular Hbond substituents is 1. The van der Waals surface area contributed by atoms with Gasteiger partial charge in [0.15, 0.2) is 0 Å². The van der Waals surface area contributed by atoms with Crippen LogP contribution < -0.4 is 5.32 Å². The van der Waals surface area contributed by atoms with Gasteiger partial charge in [-0.3, -0.25) is 9.59 Å². The largest absolute Gasteiger partial charge is 0.508 e. The van der Waals surface area contributed by atoms with Crippen molar-refractivity contribution in [2.45, 2.75) is 19.9 Å². The van der Waals surface area contributed by atoms with Crippen LogP contribution in [0.2, 0.25) is 0 Å². The summed E-state index contributed by atoms with van der Waals surface area (Å²) >= 11 is 0. The van der Waals surface area contributed by atoms with Gasteiger partial charge >= 0.3 is 0 Å². The molecule has 0 aliphatic heterocycles. The Morgan fingerprint density at radius 2 is 1.94 bits per heavy atom. The molecule has 0 fully saturated rings. The number of aryl methyl sites for hydroxylation is 1. The average molecular weight is 250 g/mol. The summed E-state index contributed by atoms with van der Waals surface area (Å²) in [6.45, 7) is 3.36. The van der Waals surface area contributed by atoms with E-state index in [1.165, 1.54) is 23.1 Å². The summed E-state index contributed by atoms with van der Waals surface area (Å²) in [5.41, 5.74) is 1.11. The summed E-state index contributed by atoms with van der Waals surface area (Å²) in [5, 5.41) is 11.9. The van der Waals surface area contributed by atoms with E-state index in [-0.39, 0.29) is 17.6 Å². The monoisotopic (exact) mass is 250 g/mol. The van der Waals surface area contributed by atoms with Crippen molar-refractivity contribution in [3.63, 3.8) is 0 Å². The lowest BCUT2D eigenvalue weighted by molar-refractivity contribution is -0.130. The Labute approximate surface area is 106 Å². The van der Waals surface area contributed by atoms with Gasteiger partial charge in [-0.05, 0) is 37.6 Å². The van der Waals surface area contributed by atoms with Crippen LogP contribution in [0.1, 0.15) is 22.8 Å². The lowest BCUT2D eigenvalue weighted by Gasteiger charge is -2.18. The Balaban J connectivity index is 2.80. The first-order valence-corrected chi connectivity index (χ1v) is 5.64. The Morgan fingerprint density at radius 1 is 1.33 bits per heavy atom. The molecule has 98 valence electrons. The summed E-state index contributed by atoms with van der Waals surface area (Å²) in [6.07, 6.45) is 0. The highest BCUT2D eigenvalue weighted by Crippen LogP contribution is 2.15. The molecule has 0 heterocycles. The molecule has 5 heteroatoms. The van der Waals surface area contributed by atoms with E-state index < -0.39 is 6.04 Å². The van der Waals surface area contributed by atoms with Crippen molar-refractivity contribution in [3.05, 3.63) is 29.3 Å². The zero-order valence-electron chi connectivity index (χ0n) is 11.0. The first-order chi connectivity index (χ1) is 8.32. The van der Waals surface area contributed by atoms with E-state index in [2.05, 4.69) is 5.32 Å². The van der Waals surface area contributed by atoms with Crippen LogP contribution in [-0.4, -0.2) is 42.0 Å². The van der Waals surface area contributed by atoms with Crippen LogP contribution in [0.25, 0.3) is 0 Å². The molecule has 0 aliphatic carbocycles. The average Bonchev–Trinajstić information content (AvgIpc) is 2.27. The van der Waals surface area contributed by atoms with Gasteiger partial charge in [0.2, 0.25) is 5.91 Å². The van der Waals surface area contributed by atoms with Crippen molar-refractivity contribution in [2.75, 3.05) is 14.1 Å². The molecular weight excluding hydrogens is 232 g/mol. The third-order valence-electron chi connectivity index (χ3n) is 2.61. The number of benzene rings is 1. The van der Waals surface area contributed by atoms with Crippen molar-refractivity contribution >= 4 is 11.8 Å². The summed E-state index contributed by atoms with van der Waals surface area (Å²) in [5.74, 6) is -0.378. The van der Waals surface area contributed by atoms with Crippen molar-refractivity contribution in [1.29, 1.82) is 0 Å². The molecule has 5 nitrogen and oxygen atoms in total. The second-order valence-corrected chi connectivity index (χ2v) is 4.43. The van der Waals surface area contributed by atoms with E-state index in [0.717, 1.165) is 0 Å². The molecule has 18 heavy (non-hydrogen) atoms. The molecule has 1 aromatic rings. The molecule has 0 aromatic heterocycles. The summed E-state index contributed by atoms with van der Waals surface area (Å²) in [7, 11) is 3.27. The third-order valence-corrected chi connectivity index (χ3v) is 2.61. The van der Waals surface area contributed by atoms with Gasteiger partial charge in [-0.2, -0.15) is 0 Å². The topological polar surface area (TPSA) is 69.6 Å². The normalized spacial score (nSPS) is 11.8. The molecule has 0 aliphatic rings. The van der Waals surface area contributed by atoms with E-state index in [9.17, 15) is 14.7 Å². The highest BCUT2D eigenvalue weighted by atomic mass is 16.3. The highest BCUT2D eigenvalue weighted by molar-refractivity contribution is 5.98. The van der Waals surface area contributed by atoms with Gasteiger partial charge in [0.25, 0.3) is 5.91 Å². The molecule has 0 bridgehead atoms. The molecule has 0 saturated carbocycles. The number of carbonyl (C=O) groups is 2. The zero-order chi connectivity index (χ0) is 13.9. The lowest BCUT2D eigenvalue weighted by atomic mass is 10.1. The number of likely N-dealkylation sites (N-methyl/N-ethyl adjacent to an activating group) is 1. The number of phenols is 1. The molecule has 0 spiro atoms. The minimum Gasteiger partial charge on any atom is -0.508 e. The van der Waals surface area contributed by atoms with E-state index >= 15 is 0 Å². The fourth-order valence-electron chi connectivity index (χ4n) is 1.63. The van der Waals surface area contributed by atoms with Crippen LogP contribution in [0, 0.1) is 6.92 Å². The quantitative estimate of drug-likeness (QED) is 0.837. The first kappa shape index (κ1) is 14.0. The SMILES string of the molecule is Cc1cc(O)ccc1C(=O)NC(C)C(=O)N(C)C. The van der Waals surface area contributed by atoms with Crippen molar-refractivity contribution in [3.8, 4) is 5.75 Å². The van der Waals surface area contributed by atoms with E-state index in [0.29, 0.717) is 11.1 Å². The van der Waals surface area contributed by atoms with E-state index in [4.69, 9.17) is 0 Å². The number of nitrogens with one attached hydrogen (secondary N) is 1. The van der Waals surface area contributed by atoms with Crippen molar-refractivity contribution in [1.82, 2.24) is 10.2 Å². The van der Waals surface area contributed by atoms with Crippen molar-refractivity contribution < 1.29 is 14.7 Å². The van der Waals surface area contributed by atoms with Crippen LogP contribution in [0.3, 0.4) is 0 Å². The predicted molar refractivity (Wildman–Crippen MR) is 68.5 cm³/mol. The molecule has 1 unspecified atom stereocenters. The standard InChI is InChI=1S/C13H18N2O3/c1-8-7-10(16)5-6-11(8)12(17)14-9(2)13(18)15(3)4/h5-7,9,16H,1-4H3,(H,14,17). The summed E-state index contributed by atoms with van der Waals surface area (Å²) in [4.78, 5) is 25.0. The Bertz CT molecular complexity index is 469. The number of nitrogens with zero attached hydrogens (tertiary/aromatic N) is 1. The van der Waals surface area contributed by atoms with Crippen LogP contribution >= 0.6 is 0 Å². The van der Waals surface area contributed by atoms with Gasteiger partial charge in [-0.15, -0.1) is 0 Å². The van der Waals surface area contributed by atoms with E-state index in [1.54, 1.807) is 27.9 Å². The second-order valence-electron chi connectivity index (χ2n) is 4.43. The maximum absolute atomic E-state index is 12.0. The van der Waals surface area contributed by atoms with Crippen LogP contribution in [0.5, 0.6) is 5.75 Å². The maximum atomic E-state index is 12.0. The molecule has 2 N–H and O–H groups in total. The number of aromatic hydroxyl groups is 1. The molecule has 1 rings (SSSR count). The second kappa shape index (κ2) is 5.53. The molecular formula is C13H18N2O3. The number of rotatable bonds is 3. The highest BCUT2D eigenvalue weighted by Gasteiger charge is 2.18. The minimum absolute atomic E-state index is 0.112. The molecule has 2 amide bonds. The summed E-state index contributed by atoms with van der Waals surface area (Å²) < 4.78 is 0. The Morgan fingerprint density at radius 3 is 2.44 bits per heavy atom. The maximum Gasteiger partial charge on any atom is 0.252 e. The number of carbonyl (C=O) groups excluding carboxylic acids is 2. The number of hydrogen-bond donors (Lipinski definition) is 2. The fraction of sp³-hybridized carbons (Fsp3) is 0.385. The predicted octanol–water partition coefficient (Wildman–Crippen LogP) is 0.907. The van der Waals surface area contributed by atoms with Crippen LogP contribution in [-0.2, 0) is 4.79 Å². The smallest absolute Gasteiger partial charge is 0.252 e. The van der Waals surface area contributed by atoms with Gasteiger partial charge in [0.1, 0.15) is 11.8 Å². The van der Waals surface area contributed by atoms with Crippen molar-refractivity contribution in [2.24, 2.45) is 0 Å². The van der Waals surface area contributed by atoms with Gasteiger partial charge in [-0.1, -0.05) is 0 Å². The Hall–Kier alpha value is -2.04. The molecule has 0 radical (unpaired) electrons. The molecule has 1 atom stereocenters. The van der Waals surface area contributed by atoms with Gasteiger partial charge in [-0.25, -0.2) is 0 Å².